The van der Waals surface area contributed by atoms with E-state index in [0.717, 1.165) is 31.0 Å². The number of aromatic amines is 1. The number of H-pyrrole nitrogens is 1. The molecule has 1 aliphatic heterocycles. The van der Waals surface area contributed by atoms with Crippen LogP contribution in [0.15, 0.2) is 6.33 Å². The van der Waals surface area contributed by atoms with E-state index in [2.05, 4.69) is 25.5 Å². The summed E-state index contributed by atoms with van der Waals surface area (Å²) >= 11 is 0. The standard InChI is InChI=1S/C14H19N7O2/c22-14(13-15-9-16-18-13)20-4-1-5-21-12(6-20)11(17-19-21)8-23-7-10-2-3-10/h9-10H,1-8H2,(H,15,16,18). The maximum Gasteiger partial charge on any atom is 0.291 e. The van der Waals surface area contributed by atoms with Crippen LogP contribution in [-0.4, -0.2) is 54.1 Å². The van der Waals surface area contributed by atoms with Crippen LogP contribution in [0, 0.1) is 5.92 Å². The third-order valence-corrected chi connectivity index (χ3v) is 4.25. The van der Waals surface area contributed by atoms with Gasteiger partial charge in [0.05, 0.1) is 18.8 Å². The highest BCUT2D eigenvalue weighted by Gasteiger charge is 2.26. The number of ether oxygens (including phenoxy) is 1. The summed E-state index contributed by atoms with van der Waals surface area (Å²) in [5.41, 5.74) is 1.77. The number of rotatable bonds is 5. The van der Waals surface area contributed by atoms with Gasteiger partial charge in [0.15, 0.2) is 0 Å². The van der Waals surface area contributed by atoms with E-state index in [-0.39, 0.29) is 11.7 Å². The molecule has 0 aromatic carbocycles. The molecule has 2 aromatic rings. The lowest BCUT2D eigenvalue weighted by Crippen LogP contribution is -2.32. The topological polar surface area (TPSA) is 102 Å². The van der Waals surface area contributed by atoms with Gasteiger partial charge in [-0.05, 0) is 25.2 Å². The first-order valence-electron chi connectivity index (χ1n) is 7.95. The quantitative estimate of drug-likeness (QED) is 0.855. The van der Waals surface area contributed by atoms with E-state index >= 15 is 0 Å². The molecule has 1 fully saturated rings. The second kappa shape index (κ2) is 6.07. The van der Waals surface area contributed by atoms with Gasteiger partial charge >= 0.3 is 0 Å². The molecule has 0 unspecified atom stereocenters. The number of carbonyl (C=O) groups excluding carboxylic acids is 1. The van der Waals surface area contributed by atoms with Crippen LogP contribution < -0.4 is 0 Å². The molecule has 1 saturated carbocycles. The van der Waals surface area contributed by atoms with Crippen LogP contribution in [-0.2, 0) is 24.4 Å². The van der Waals surface area contributed by atoms with Crippen molar-refractivity contribution in [3.63, 3.8) is 0 Å². The molecule has 0 saturated heterocycles. The van der Waals surface area contributed by atoms with Gasteiger partial charge in [-0.15, -0.1) is 5.10 Å². The molecule has 1 amide bonds. The molecule has 0 radical (unpaired) electrons. The molecule has 2 aliphatic rings. The summed E-state index contributed by atoms with van der Waals surface area (Å²) in [4.78, 5) is 18.2. The van der Waals surface area contributed by atoms with E-state index in [1.54, 1.807) is 4.90 Å². The number of hydrogen-bond acceptors (Lipinski definition) is 6. The lowest BCUT2D eigenvalue weighted by molar-refractivity contribution is 0.0729. The Hall–Kier alpha value is -2.29. The summed E-state index contributed by atoms with van der Waals surface area (Å²) < 4.78 is 7.61. The molecule has 9 nitrogen and oxygen atoms in total. The Bertz CT molecular complexity index is 677. The van der Waals surface area contributed by atoms with Crippen molar-refractivity contribution in [1.29, 1.82) is 0 Å². The van der Waals surface area contributed by atoms with Gasteiger partial charge in [0.2, 0.25) is 5.82 Å². The predicted octanol–water partition coefficient (Wildman–Crippen LogP) is 0.369. The van der Waals surface area contributed by atoms with Crippen LogP contribution in [0.3, 0.4) is 0 Å². The first-order valence-corrected chi connectivity index (χ1v) is 7.95. The van der Waals surface area contributed by atoms with Crippen molar-refractivity contribution < 1.29 is 9.53 Å². The summed E-state index contributed by atoms with van der Waals surface area (Å²) in [5, 5.41) is 14.8. The SMILES string of the molecule is O=C(c1ncn[nH]1)N1CCCn2nnc(COCC3CC3)c2C1. The minimum Gasteiger partial charge on any atom is -0.375 e. The highest BCUT2D eigenvalue weighted by molar-refractivity contribution is 5.90. The first kappa shape index (κ1) is 14.3. The number of nitrogens with one attached hydrogen (secondary N) is 1. The lowest BCUT2D eigenvalue weighted by atomic mass is 10.3. The third-order valence-electron chi connectivity index (χ3n) is 4.25. The lowest BCUT2D eigenvalue weighted by Gasteiger charge is -2.18. The molecule has 9 heteroatoms. The van der Waals surface area contributed by atoms with Gasteiger partial charge in [0.1, 0.15) is 12.0 Å². The van der Waals surface area contributed by atoms with Crippen molar-refractivity contribution in [2.75, 3.05) is 13.2 Å². The van der Waals surface area contributed by atoms with Crippen LogP contribution in [0.4, 0.5) is 0 Å². The summed E-state index contributed by atoms with van der Waals surface area (Å²) in [6.45, 7) is 3.12. The van der Waals surface area contributed by atoms with Crippen LogP contribution in [0.25, 0.3) is 0 Å². The predicted molar refractivity (Wildman–Crippen MR) is 78.1 cm³/mol. The zero-order valence-electron chi connectivity index (χ0n) is 12.8. The van der Waals surface area contributed by atoms with Gasteiger partial charge < -0.3 is 9.64 Å². The van der Waals surface area contributed by atoms with Crippen LogP contribution >= 0.6 is 0 Å². The van der Waals surface area contributed by atoms with Gasteiger partial charge in [-0.25, -0.2) is 9.67 Å². The van der Waals surface area contributed by atoms with Gasteiger partial charge in [0.25, 0.3) is 5.91 Å². The Morgan fingerprint density at radius 1 is 1.39 bits per heavy atom. The molecule has 0 spiro atoms. The third kappa shape index (κ3) is 3.09. The van der Waals surface area contributed by atoms with Gasteiger partial charge in [-0.3, -0.25) is 9.89 Å². The van der Waals surface area contributed by atoms with Crippen molar-refractivity contribution in [3.05, 3.63) is 23.5 Å². The van der Waals surface area contributed by atoms with Crippen molar-refractivity contribution in [1.82, 2.24) is 35.1 Å². The van der Waals surface area contributed by atoms with Gasteiger partial charge in [0, 0.05) is 19.7 Å². The van der Waals surface area contributed by atoms with E-state index < -0.39 is 0 Å². The monoisotopic (exact) mass is 317 g/mol. The van der Waals surface area contributed by atoms with Crippen LogP contribution in [0.1, 0.15) is 41.3 Å². The largest absolute Gasteiger partial charge is 0.375 e. The average Bonchev–Trinajstić information content (AvgIpc) is 3.14. The second-order valence-electron chi connectivity index (χ2n) is 6.08. The summed E-state index contributed by atoms with van der Waals surface area (Å²) in [6.07, 6.45) is 4.70. The Kier molecular flexibility index (Phi) is 3.78. The number of hydrogen-bond donors (Lipinski definition) is 1. The van der Waals surface area contributed by atoms with Crippen molar-refractivity contribution >= 4 is 5.91 Å². The first-order chi connectivity index (χ1) is 11.3. The van der Waals surface area contributed by atoms with Crippen molar-refractivity contribution in [2.24, 2.45) is 5.92 Å². The molecule has 4 rings (SSSR count). The molecule has 122 valence electrons. The molecule has 2 aromatic heterocycles. The second-order valence-corrected chi connectivity index (χ2v) is 6.08. The Morgan fingerprint density at radius 2 is 2.30 bits per heavy atom. The Balaban J connectivity index is 1.48. The maximum absolute atomic E-state index is 12.5. The Labute approximate surface area is 133 Å². The molecule has 3 heterocycles. The zero-order chi connectivity index (χ0) is 15.6. The van der Waals surface area contributed by atoms with Gasteiger partial charge in [-0.2, -0.15) is 5.10 Å². The number of nitrogens with zero attached hydrogens (tertiary/aromatic N) is 6. The minimum absolute atomic E-state index is 0.151. The average molecular weight is 317 g/mol. The smallest absolute Gasteiger partial charge is 0.291 e. The normalized spacial score (nSPS) is 17.8. The number of aromatic nitrogens is 6. The fraction of sp³-hybridized carbons (Fsp3) is 0.643. The van der Waals surface area contributed by atoms with Gasteiger partial charge in [-0.1, -0.05) is 5.21 Å². The van der Waals surface area contributed by atoms with Crippen molar-refractivity contribution in [2.45, 2.75) is 39.0 Å². The molecule has 1 N–H and O–H groups in total. The van der Waals surface area contributed by atoms with E-state index in [1.807, 2.05) is 4.68 Å². The minimum atomic E-state index is -0.151. The molecular weight excluding hydrogens is 298 g/mol. The fourth-order valence-electron chi connectivity index (χ4n) is 2.74. The highest BCUT2D eigenvalue weighted by atomic mass is 16.5. The number of carbonyl (C=O) groups is 1. The van der Waals surface area contributed by atoms with Crippen LogP contribution in [0.2, 0.25) is 0 Å². The molecule has 23 heavy (non-hydrogen) atoms. The number of amides is 1. The van der Waals surface area contributed by atoms with Crippen LogP contribution in [0.5, 0.6) is 0 Å². The summed E-state index contributed by atoms with van der Waals surface area (Å²) in [6, 6.07) is 0. The van der Waals surface area contributed by atoms with E-state index in [0.29, 0.717) is 25.6 Å². The summed E-state index contributed by atoms with van der Waals surface area (Å²) in [7, 11) is 0. The fourth-order valence-corrected chi connectivity index (χ4v) is 2.74. The molecule has 1 aliphatic carbocycles. The van der Waals surface area contributed by atoms with E-state index in [9.17, 15) is 4.79 Å². The number of fused-ring (bicyclic) bond motifs is 1. The molecular formula is C14H19N7O2. The zero-order valence-corrected chi connectivity index (χ0v) is 12.8. The maximum atomic E-state index is 12.5. The highest BCUT2D eigenvalue weighted by Crippen LogP contribution is 2.29. The number of aryl methyl sites for hydroxylation is 1. The summed E-state index contributed by atoms with van der Waals surface area (Å²) in [5.74, 6) is 0.827. The van der Waals surface area contributed by atoms with E-state index in [1.165, 1.54) is 19.2 Å². The Morgan fingerprint density at radius 3 is 3.09 bits per heavy atom. The molecule has 0 atom stereocenters. The molecule has 0 bridgehead atoms. The van der Waals surface area contributed by atoms with E-state index in [4.69, 9.17) is 4.74 Å². The van der Waals surface area contributed by atoms with Crippen molar-refractivity contribution in [3.8, 4) is 0 Å².